The summed E-state index contributed by atoms with van der Waals surface area (Å²) in [6, 6.07) is 18.7. The first-order valence-corrected chi connectivity index (χ1v) is 10.3. The number of nitrogens with one attached hydrogen (secondary N) is 1. The van der Waals surface area contributed by atoms with Gasteiger partial charge in [-0.1, -0.05) is 63.2 Å². The summed E-state index contributed by atoms with van der Waals surface area (Å²) in [4.78, 5) is 14.8. The number of piperidine rings is 1. The number of anilines is 1. The van der Waals surface area contributed by atoms with Crippen molar-refractivity contribution in [2.45, 2.75) is 57.5 Å². The van der Waals surface area contributed by atoms with Crippen LogP contribution in [0.25, 0.3) is 0 Å². The molecule has 1 atom stereocenters. The average Bonchev–Trinajstić information content (AvgIpc) is 2.68. The summed E-state index contributed by atoms with van der Waals surface area (Å²) in [7, 11) is 0. The monoisotopic (exact) mass is 451 g/mol. The molecule has 3 N–H and O–H groups in total. The third kappa shape index (κ3) is 7.19. The molecule has 1 fully saturated rings. The number of carbonyl (C=O) groups is 1. The van der Waals surface area contributed by atoms with Crippen molar-refractivity contribution < 1.29 is 4.79 Å². The Morgan fingerprint density at radius 1 is 1.03 bits per heavy atom. The Bertz CT molecular complexity index is 767. The van der Waals surface area contributed by atoms with E-state index in [9.17, 15) is 4.79 Å². The highest BCUT2D eigenvalue weighted by Crippen LogP contribution is 2.26. The maximum atomic E-state index is 12.4. The third-order valence-corrected chi connectivity index (χ3v) is 5.59. The van der Waals surface area contributed by atoms with Crippen LogP contribution in [0.5, 0.6) is 0 Å². The molecule has 0 aromatic heterocycles. The zero-order valence-electron chi connectivity index (χ0n) is 18.1. The van der Waals surface area contributed by atoms with Crippen LogP contribution < -0.4 is 16.0 Å². The molecular formula is C24H35Cl2N3O. The van der Waals surface area contributed by atoms with Crippen LogP contribution in [0.4, 0.5) is 5.69 Å². The van der Waals surface area contributed by atoms with Crippen LogP contribution in [0.3, 0.4) is 0 Å². The molecule has 0 spiro atoms. The van der Waals surface area contributed by atoms with Gasteiger partial charge in [0.1, 0.15) is 0 Å². The Morgan fingerprint density at radius 2 is 1.60 bits per heavy atom. The highest BCUT2D eigenvalue weighted by molar-refractivity contribution is 5.85. The van der Waals surface area contributed by atoms with Crippen molar-refractivity contribution in [1.29, 1.82) is 0 Å². The van der Waals surface area contributed by atoms with Gasteiger partial charge >= 0.3 is 0 Å². The SMILES string of the molecule is CC(C)(C)c1ccc(N2CCC(NC(=O)CC(N)c3ccccc3)CC2)cc1.Cl.Cl. The van der Waals surface area contributed by atoms with Crippen molar-refractivity contribution in [3.05, 3.63) is 65.7 Å². The molecule has 0 aliphatic carbocycles. The lowest BCUT2D eigenvalue weighted by Crippen LogP contribution is -2.45. The molecule has 1 amide bonds. The van der Waals surface area contributed by atoms with E-state index in [0.717, 1.165) is 31.5 Å². The summed E-state index contributed by atoms with van der Waals surface area (Å²) >= 11 is 0. The number of rotatable bonds is 5. The molecule has 166 valence electrons. The van der Waals surface area contributed by atoms with Gasteiger partial charge in [-0.3, -0.25) is 4.79 Å². The highest BCUT2D eigenvalue weighted by atomic mass is 35.5. The molecule has 0 bridgehead atoms. The van der Waals surface area contributed by atoms with E-state index in [2.05, 4.69) is 55.3 Å². The Morgan fingerprint density at radius 3 is 2.13 bits per heavy atom. The second kappa shape index (κ2) is 11.6. The van der Waals surface area contributed by atoms with Gasteiger partial charge in [0.15, 0.2) is 0 Å². The summed E-state index contributed by atoms with van der Waals surface area (Å²) in [6.07, 6.45) is 2.26. The Hall–Kier alpha value is -1.75. The summed E-state index contributed by atoms with van der Waals surface area (Å²) in [5.74, 6) is 0.0457. The molecule has 1 unspecified atom stereocenters. The molecule has 1 aliphatic rings. The van der Waals surface area contributed by atoms with Gasteiger partial charge < -0.3 is 16.0 Å². The van der Waals surface area contributed by atoms with Crippen LogP contribution in [0.15, 0.2) is 54.6 Å². The van der Waals surface area contributed by atoms with E-state index in [1.54, 1.807) is 0 Å². The Balaban J connectivity index is 0.00000225. The van der Waals surface area contributed by atoms with Crippen molar-refractivity contribution in [2.75, 3.05) is 18.0 Å². The number of nitrogens with zero attached hydrogens (tertiary/aromatic N) is 1. The van der Waals surface area contributed by atoms with Crippen LogP contribution >= 0.6 is 24.8 Å². The molecule has 1 saturated heterocycles. The number of halogens is 2. The van der Waals surface area contributed by atoms with Crippen molar-refractivity contribution >= 4 is 36.4 Å². The summed E-state index contributed by atoms with van der Waals surface area (Å²) < 4.78 is 0. The molecule has 1 heterocycles. The molecule has 0 saturated carbocycles. The van der Waals surface area contributed by atoms with E-state index in [-0.39, 0.29) is 48.2 Å². The molecule has 6 heteroatoms. The normalized spacial score (nSPS) is 15.5. The van der Waals surface area contributed by atoms with Gasteiger partial charge in [-0.15, -0.1) is 24.8 Å². The van der Waals surface area contributed by atoms with Crippen molar-refractivity contribution in [3.8, 4) is 0 Å². The predicted molar refractivity (Wildman–Crippen MR) is 131 cm³/mol. The number of carbonyl (C=O) groups excluding carboxylic acids is 1. The van der Waals surface area contributed by atoms with E-state index in [0.29, 0.717) is 6.42 Å². The van der Waals surface area contributed by atoms with Crippen molar-refractivity contribution in [3.63, 3.8) is 0 Å². The van der Waals surface area contributed by atoms with Crippen LogP contribution in [0, 0.1) is 0 Å². The van der Waals surface area contributed by atoms with Gasteiger partial charge in [-0.25, -0.2) is 0 Å². The largest absolute Gasteiger partial charge is 0.371 e. The number of amides is 1. The molecule has 2 aromatic rings. The molecule has 2 aromatic carbocycles. The summed E-state index contributed by atoms with van der Waals surface area (Å²) in [5, 5.41) is 3.17. The fraction of sp³-hybridized carbons (Fsp3) is 0.458. The van der Waals surface area contributed by atoms with Gasteiger partial charge in [-0.2, -0.15) is 0 Å². The second-order valence-corrected chi connectivity index (χ2v) is 8.85. The summed E-state index contributed by atoms with van der Waals surface area (Å²) in [5.41, 5.74) is 9.98. The van der Waals surface area contributed by atoms with Gasteiger partial charge in [0.05, 0.1) is 0 Å². The highest BCUT2D eigenvalue weighted by Gasteiger charge is 2.22. The number of hydrogen-bond donors (Lipinski definition) is 2. The van der Waals surface area contributed by atoms with Crippen LogP contribution in [0.1, 0.15) is 57.2 Å². The quantitative estimate of drug-likeness (QED) is 0.671. The fourth-order valence-corrected chi connectivity index (χ4v) is 3.76. The van der Waals surface area contributed by atoms with Crippen molar-refractivity contribution in [2.24, 2.45) is 5.73 Å². The molecule has 1 aliphatic heterocycles. The maximum absolute atomic E-state index is 12.4. The van der Waals surface area contributed by atoms with Gasteiger partial charge in [-0.05, 0) is 41.5 Å². The fourth-order valence-electron chi connectivity index (χ4n) is 3.76. The minimum atomic E-state index is -0.248. The third-order valence-electron chi connectivity index (χ3n) is 5.59. The lowest BCUT2D eigenvalue weighted by Gasteiger charge is -2.34. The molecule has 0 radical (unpaired) electrons. The predicted octanol–water partition coefficient (Wildman–Crippen LogP) is 5.00. The Labute approximate surface area is 193 Å². The first-order valence-electron chi connectivity index (χ1n) is 10.3. The van der Waals surface area contributed by atoms with E-state index < -0.39 is 0 Å². The minimum absolute atomic E-state index is 0. The van der Waals surface area contributed by atoms with Crippen LogP contribution in [0.2, 0.25) is 0 Å². The zero-order chi connectivity index (χ0) is 20.1. The molecule has 3 rings (SSSR count). The topological polar surface area (TPSA) is 58.4 Å². The maximum Gasteiger partial charge on any atom is 0.222 e. The summed E-state index contributed by atoms with van der Waals surface area (Å²) in [6.45, 7) is 8.63. The lowest BCUT2D eigenvalue weighted by molar-refractivity contribution is -0.122. The first kappa shape index (κ1) is 26.3. The zero-order valence-corrected chi connectivity index (χ0v) is 19.8. The van der Waals surface area contributed by atoms with E-state index in [4.69, 9.17) is 5.73 Å². The van der Waals surface area contributed by atoms with Crippen LogP contribution in [-0.2, 0) is 10.2 Å². The van der Waals surface area contributed by atoms with Gasteiger partial charge in [0, 0.05) is 37.3 Å². The van der Waals surface area contributed by atoms with Gasteiger partial charge in [0.25, 0.3) is 0 Å². The lowest BCUT2D eigenvalue weighted by atomic mass is 9.87. The number of nitrogens with two attached hydrogens (primary N) is 1. The minimum Gasteiger partial charge on any atom is -0.371 e. The first-order chi connectivity index (χ1) is 13.3. The van der Waals surface area contributed by atoms with Crippen molar-refractivity contribution in [1.82, 2.24) is 5.32 Å². The van der Waals surface area contributed by atoms with Crippen LogP contribution in [-0.4, -0.2) is 25.0 Å². The number of benzene rings is 2. The smallest absolute Gasteiger partial charge is 0.222 e. The second-order valence-electron chi connectivity index (χ2n) is 8.85. The van der Waals surface area contributed by atoms with Gasteiger partial charge in [0.2, 0.25) is 5.91 Å². The number of hydrogen-bond acceptors (Lipinski definition) is 3. The van der Waals surface area contributed by atoms with E-state index in [1.165, 1.54) is 11.3 Å². The van der Waals surface area contributed by atoms with E-state index in [1.807, 2.05) is 30.3 Å². The average molecular weight is 452 g/mol. The molecular weight excluding hydrogens is 417 g/mol. The standard InChI is InChI=1S/C24H33N3O.2ClH/c1-24(2,3)19-9-11-21(12-10-19)27-15-13-20(14-16-27)26-23(28)17-22(25)18-7-5-4-6-8-18;;/h4-12,20,22H,13-17,25H2,1-3H3,(H,26,28);2*1H. The molecule has 4 nitrogen and oxygen atoms in total. The van der Waals surface area contributed by atoms with E-state index >= 15 is 0 Å². The molecule has 30 heavy (non-hydrogen) atoms. The Kier molecular flexibility index (Phi) is 10.2.